The Morgan fingerprint density at radius 2 is 2.24 bits per heavy atom. The molecule has 0 aromatic heterocycles. The first-order valence-electron chi connectivity index (χ1n) is 5.51. The highest BCUT2D eigenvalue weighted by molar-refractivity contribution is 6.43. The number of aliphatic hydroxyl groups is 1. The minimum Gasteiger partial charge on any atom is -0.394 e. The molecule has 1 N–H and O–H groups in total. The Balaban J connectivity index is 2.28. The molecule has 1 aliphatic heterocycles. The number of hydrogen-bond acceptors (Lipinski definition) is 2. The van der Waals surface area contributed by atoms with Gasteiger partial charge < -0.3 is 10.0 Å². The quantitative estimate of drug-likeness (QED) is 0.900. The van der Waals surface area contributed by atoms with Crippen LogP contribution in [0.25, 0.3) is 0 Å². The average Bonchev–Trinajstić information content (AvgIpc) is 2.80. The molecule has 92 valence electrons. The van der Waals surface area contributed by atoms with Crippen LogP contribution in [0.2, 0.25) is 10.0 Å². The van der Waals surface area contributed by atoms with Crippen molar-refractivity contribution in [3.63, 3.8) is 0 Å². The number of benzene rings is 1. The SMILES string of the molecule is O=C(c1cccc(Cl)c1Cl)N1CCC[C@H]1CO. The number of carbonyl (C=O) groups is 1. The van der Waals surface area contributed by atoms with Crippen LogP contribution >= 0.6 is 23.2 Å². The zero-order valence-electron chi connectivity index (χ0n) is 9.20. The van der Waals surface area contributed by atoms with Crippen molar-refractivity contribution in [1.82, 2.24) is 4.90 Å². The molecule has 1 saturated heterocycles. The van der Waals surface area contributed by atoms with Gasteiger partial charge in [-0.05, 0) is 25.0 Å². The Morgan fingerprint density at radius 3 is 2.94 bits per heavy atom. The van der Waals surface area contributed by atoms with E-state index in [9.17, 15) is 9.90 Å². The van der Waals surface area contributed by atoms with Crippen molar-refractivity contribution < 1.29 is 9.90 Å². The maximum absolute atomic E-state index is 12.3. The van der Waals surface area contributed by atoms with Crippen LogP contribution in [0.4, 0.5) is 0 Å². The first-order valence-corrected chi connectivity index (χ1v) is 6.26. The Kier molecular flexibility index (Phi) is 3.92. The second kappa shape index (κ2) is 5.25. The number of aliphatic hydroxyl groups excluding tert-OH is 1. The highest BCUT2D eigenvalue weighted by Crippen LogP contribution is 2.28. The fraction of sp³-hybridized carbons (Fsp3) is 0.417. The number of amides is 1. The summed E-state index contributed by atoms with van der Waals surface area (Å²) >= 11 is 11.9. The molecule has 0 bridgehead atoms. The predicted molar refractivity (Wildman–Crippen MR) is 67.6 cm³/mol. The summed E-state index contributed by atoms with van der Waals surface area (Å²) in [5.41, 5.74) is 0.402. The Hall–Kier alpha value is -0.770. The minimum atomic E-state index is -0.158. The maximum Gasteiger partial charge on any atom is 0.255 e. The molecule has 1 amide bonds. The summed E-state index contributed by atoms with van der Waals surface area (Å²) in [5.74, 6) is -0.158. The van der Waals surface area contributed by atoms with Gasteiger partial charge in [0.05, 0.1) is 28.3 Å². The number of carbonyl (C=O) groups excluding carboxylic acids is 1. The lowest BCUT2D eigenvalue weighted by molar-refractivity contribution is 0.0678. The van der Waals surface area contributed by atoms with Gasteiger partial charge in [0.2, 0.25) is 0 Å². The van der Waals surface area contributed by atoms with Crippen molar-refractivity contribution in [1.29, 1.82) is 0 Å². The summed E-state index contributed by atoms with van der Waals surface area (Å²) in [6.07, 6.45) is 1.75. The molecule has 0 aliphatic carbocycles. The molecule has 1 fully saturated rings. The standard InChI is InChI=1S/C12H13Cl2NO2/c13-10-5-1-4-9(11(10)14)12(17)15-6-2-3-8(15)7-16/h1,4-5,8,16H,2-3,6-7H2/t8-/m0/s1. The van der Waals surface area contributed by atoms with E-state index in [1.54, 1.807) is 23.1 Å². The summed E-state index contributed by atoms with van der Waals surface area (Å²) in [6, 6.07) is 4.90. The molecule has 1 atom stereocenters. The highest BCUT2D eigenvalue weighted by Gasteiger charge is 2.29. The van der Waals surface area contributed by atoms with Gasteiger partial charge >= 0.3 is 0 Å². The molecule has 5 heteroatoms. The first kappa shape index (κ1) is 12.7. The van der Waals surface area contributed by atoms with Crippen LogP contribution in [-0.4, -0.2) is 35.1 Å². The average molecular weight is 274 g/mol. The fourth-order valence-corrected chi connectivity index (χ4v) is 2.50. The molecule has 3 nitrogen and oxygen atoms in total. The number of likely N-dealkylation sites (tertiary alicyclic amines) is 1. The van der Waals surface area contributed by atoms with Crippen LogP contribution in [0.1, 0.15) is 23.2 Å². The number of halogens is 2. The van der Waals surface area contributed by atoms with Gasteiger partial charge in [0, 0.05) is 6.54 Å². The topological polar surface area (TPSA) is 40.5 Å². The van der Waals surface area contributed by atoms with Gasteiger partial charge in [-0.25, -0.2) is 0 Å². The van der Waals surface area contributed by atoms with Crippen molar-refractivity contribution in [2.75, 3.05) is 13.2 Å². The van der Waals surface area contributed by atoms with Gasteiger partial charge in [-0.1, -0.05) is 29.3 Å². The van der Waals surface area contributed by atoms with Crippen LogP contribution in [0, 0.1) is 0 Å². The van der Waals surface area contributed by atoms with Crippen LogP contribution < -0.4 is 0 Å². The lowest BCUT2D eigenvalue weighted by Gasteiger charge is -2.23. The van der Waals surface area contributed by atoms with Crippen molar-refractivity contribution in [2.24, 2.45) is 0 Å². The third-order valence-corrected chi connectivity index (χ3v) is 3.85. The molecule has 2 rings (SSSR count). The van der Waals surface area contributed by atoms with Gasteiger partial charge in [0.1, 0.15) is 0 Å². The second-order valence-electron chi connectivity index (χ2n) is 4.08. The molecular formula is C12H13Cl2NO2. The van der Waals surface area contributed by atoms with Crippen LogP contribution in [0.5, 0.6) is 0 Å². The smallest absolute Gasteiger partial charge is 0.255 e. The third-order valence-electron chi connectivity index (χ3n) is 3.03. The van der Waals surface area contributed by atoms with Crippen molar-refractivity contribution in [2.45, 2.75) is 18.9 Å². The van der Waals surface area contributed by atoms with E-state index in [0.29, 0.717) is 17.1 Å². The fourth-order valence-electron chi connectivity index (χ4n) is 2.12. The van der Waals surface area contributed by atoms with Crippen molar-refractivity contribution >= 4 is 29.1 Å². The van der Waals surface area contributed by atoms with E-state index in [-0.39, 0.29) is 23.6 Å². The molecule has 1 aromatic rings. The van der Waals surface area contributed by atoms with E-state index in [0.717, 1.165) is 12.8 Å². The zero-order valence-corrected chi connectivity index (χ0v) is 10.7. The lowest BCUT2D eigenvalue weighted by atomic mass is 10.1. The van der Waals surface area contributed by atoms with E-state index in [4.69, 9.17) is 23.2 Å². The van der Waals surface area contributed by atoms with Crippen LogP contribution in [0.15, 0.2) is 18.2 Å². The molecule has 0 radical (unpaired) electrons. The van der Waals surface area contributed by atoms with Crippen LogP contribution in [0.3, 0.4) is 0 Å². The molecule has 1 aliphatic rings. The van der Waals surface area contributed by atoms with Gasteiger partial charge in [-0.2, -0.15) is 0 Å². The minimum absolute atomic E-state index is 0.01000. The molecule has 0 spiro atoms. The van der Waals surface area contributed by atoms with Gasteiger partial charge in [0.25, 0.3) is 5.91 Å². The third kappa shape index (κ3) is 2.41. The molecule has 0 unspecified atom stereocenters. The second-order valence-corrected chi connectivity index (χ2v) is 4.86. The summed E-state index contributed by atoms with van der Waals surface area (Å²) in [6.45, 7) is 0.650. The zero-order chi connectivity index (χ0) is 12.4. The summed E-state index contributed by atoms with van der Waals surface area (Å²) in [7, 11) is 0. The molecule has 17 heavy (non-hydrogen) atoms. The molecule has 0 saturated carbocycles. The van der Waals surface area contributed by atoms with E-state index < -0.39 is 0 Å². The molecule has 1 aromatic carbocycles. The van der Waals surface area contributed by atoms with Gasteiger partial charge in [-0.3, -0.25) is 4.79 Å². The first-order chi connectivity index (χ1) is 8.15. The molecular weight excluding hydrogens is 261 g/mol. The normalized spacial score (nSPS) is 19.7. The maximum atomic E-state index is 12.3. The Morgan fingerprint density at radius 1 is 1.47 bits per heavy atom. The summed E-state index contributed by atoms with van der Waals surface area (Å²) in [5, 5.41) is 9.86. The number of nitrogens with zero attached hydrogens (tertiary/aromatic N) is 1. The Labute approximate surface area is 110 Å². The van der Waals surface area contributed by atoms with E-state index in [1.165, 1.54) is 0 Å². The van der Waals surface area contributed by atoms with E-state index >= 15 is 0 Å². The van der Waals surface area contributed by atoms with E-state index in [2.05, 4.69) is 0 Å². The largest absolute Gasteiger partial charge is 0.394 e. The molecule has 1 heterocycles. The van der Waals surface area contributed by atoms with Crippen molar-refractivity contribution in [3.8, 4) is 0 Å². The van der Waals surface area contributed by atoms with E-state index in [1.807, 2.05) is 0 Å². The summed E-state index contributed by atoms with van der Waals surface area (Å²) in [4.78, 5) is 13.9. The highest BCUT2D eigenvalue weighted by atomic mass is 35.5. The number of hydrogen-bond donors (Lipinski definition) is 1. The van der Waals surface area contributed by atoms with Gasteiger partial charge in [0.15, 0.2) is 0 Å². The lowest BCUT2D eigenvalue weighted by Crippen LogP contribution is -2.37. The predicted octanol–water partition coefficient (Wildman–Crippen LogP) is 2.59. The monoisotopic (exact) mass is 273 g/mol. The van der Waals surface area contributed by atoms with Gasteiger partial charge in [-0.15, -0.1) is 0 Å². The Bertz CT molecular complexity index is 437. The number of rotatable bonds is 2. The summed E-state index contributed by atoms with van der Waals surface area (Å²) < 4.78 is 0. The van der Waals surface area contributed by atoms with Crippen molar-refractivity contribution in [3.05, 3.63) is 33.8 Å². The van der Waals surface area contributed by atoms with Crippen LogP contribution in [-0.2, 0) is 0 Å².